The predicted molar refractivity (Wildman–Crippen MR) is 391 cm³/mol. The fourth-order valence-electron chi connectivity index (χ4n) is 9.90. The van der Waals surface area contributed by atoms with E-state index in [1.54, 1.807) is 0 Å². The quantitative estimate of drug-likeness (QED) is 0.134. The first-order valence-corrected chi connectivity index (χ1v) is 31.4. The minimum Gasteiger partial charge on any atom is -0.305 e. The molecule has 6 heterocycles. The molecule has 0 bridgehead atoms. The van der Waals surface area contributed by atoms with E-state index >= 15 is 0 Å². The molecule has 9 heteroatoms. The second kappa shape index (κ2) is 40.4. The number of aryl methyl sites for hydroxylation is 5. The van der Waals surface area contributed by atoms with E-state index in [0.29, 0.717) is 0 Å². The third-order valence-corrected chi connectivity index (χ3v) is 14.8. The van der Waals surface area contributed by atoms with Gasteiger partial charge in [-0.2, -0.15) is 0 Å². The van der Waals surface area contributed by atoms with Crippen LogP contribution in [0.3, 0.4) is 0 Å². The second-order valence-electron chi connectivity index (χ2n) is 22.0. The molecular formula is C89H70Ir3N6-6. The number of aromatic nitrogens is 6. The summed E-state index contributed by atoms with van der Waals surface area (Å²) < 4.78 is 0. The summed E-state index contributed by atoms with van der Waals surface area (Å²) >= 11 is 0. The predicted octanol–water partition coefficient (Wildman–Crippen LogP) is 21.8. The number of hydrogen-bond donors (Lipinski definition) is 0. The van der Waals surface area contributed by atoms with Crippen LogP contribution < -0.4 is 0 Å². The Hall–Kier alpha value is -10.2. The normalized spacial score (nSPS) is 9.85. The third-order valence-electron chi connectivity index (χ3n) is 14.8. The molecule has 0 saturated heterocycles. The van der Waals surface area contributed by atoms with E-state index in [1.807, 2.05) is 288 Å². The van der Waals surface area contributed by atoms with E-state index in [4.69, 9.17) is 0 Å². The van der Waals surface area contributed by atoms with Crippen molar-refractivity contribution in [2.75, 3.05) is 0 Å². The van der Waals surface area contributed by atoms with Crippen LogP contribution in [0.5, 0.6) is 0 Å². The topological polar surface area (TPSA) is 77.3 Å². The zero-order chi connectivity index (χ0) is 65.7. The van der Waals surface area contributed by atoms with Gasteiger partial charge in [0.25, 0.3) is 0 Å². The van der Waals surface area contributed by atoms with Crippen LogP contribution in [0.2, 0.25) is 0 Å². The Labute approximate surface area is 619 Å². The second-order valence-corrected chi connectivity index (χ2v) is 22.0. The van der Waals surface area contributed by atoms with Gasteiger partial charge in [-0.05, 0) is 115 Å². The molecule has 489 valence electrons. The Bertz CT molecular complexity index is 4460. The van der Waals surface area contributed by atoms with Crippen LogP contribution in [-0.4, -0.2) is 29.9 Å². The van der Waals surface area contributed by atoms with Crippen molar-refractivity contribution in [2.45, 2.75) is 34.6 Å². The van der Waals surface area contributed by atoms with E-state index in [2.05, 4.69) is 147 Å². The Morgan fingerprint density at radius 2 is 0.612 bits per heavy atom. The molecule has 15 rings (SSSR count). The Balaban J connectivity index is 0.000000166. The van der Waals surface area contributed by atoms with Gasteiger partial charge in [-0.3, -0.25) is 0 Å². The van der Waals surface area contributed by atoms with Crippen molar-refractivity contribution in [2.24, 2.45) is 0 Å². The van der Waals surface area contributed by atoms with Gasteiger partial charge in [0.15, 0.2) is 0 Å². The average Bonchev–Trinajstić information content (AvgIpc) is 0.848. The number of hydrogen-bond acceptors (Lipinski definition) is 6. The molecule has 6 aromatic heterocycles. The van der Waals surface area contributed by atoms with Crippen LogP contribution in [0.1, 0.15) is 28.2 Å². The van der Waals surface area contributed by atoms with Crippen molar-refractivity contribution < 1.29 is 60.3 Å². The molecule has 98 heavy (non-hydrogen) atoms. The van der Waals surface area contributed by atoms with Gasteiger partial charge in [0.1, 0.15) is 0 Å². The smallest absolute Gasteiger partial charge is 0.0266 e. The largest absolute Gasteiger partial charge is 0.305 e. The molecule has 0 spiro atoms. The maximum atomic E-state index is 4.55. The van der Waals surface area contributed by atoms with E-state index < -0.39 is 0 Å². The van der Waals surface area contributed by atoms with Crippen LogP contribution in [0.15, 0.2) is 334 Å². The zero-order valence-electron chi connectivity index (χ0n) is 54.9. The molecule has 0 N–H and O–H groups in total. The molecule has 9 aromatic carbocycles. The van der Waals surface area contributed by atoms with Gasteiger partial charge in [-0.15, -0.1) is 209 Å². The maximum Gasteiger partial charge on any atom is 0.0266 e. The molecule has 0 saturated carbocycles. The molecule has 0 aliphatic heterocycles. The minimum atomic E-state index is 0. The van der Waals surface area contributed by atoms with Crippen LogP contribution in [0, 0.1) is 71.0 Å². The van der Waals surface area contributed by atoms with Crippen molar-refractivity contribution in [1.29, 1.82) is 0 Å². The molecule has 0 amide bonds. The summed E-state index contributed by atoms with van der Waals surface area (Å²) in [6.45, 7) is 10.2. The van der Waals surface area contributed by atoms with Crippen LogP contribution in [-0.2, 0) is 60.3 Å². The van der Waals surface area contributed by atoms with Gasteiger partial charge in [0, 0.05) is 102 Å². The SMILES string of the molecule is Cc1cc(-c2[c-]cccc2)ncc1-c1ccccc1.Cc1cccc(-c2[c-]cccc2)n1.Cc1cccc(-c2[c-]cccc2)n1.Cc1cccc(-c2[c-]cccc2)n1.Cc1ccnc(-c2[c-]cc(-c3ccccc3)cc2)c1.[Ir].[Ir].[Ir].[c-]1ccccc1-c1ccc(-c2ccccc2)cn1. The summed E-state index contributed by atoms with van der Waals surface area (Å²) in [6.07, 6.45) is 5.69. The van der Waals surface area contributed by atoms with Gasteiger partial charge in [0.2, 0.25) is 0 Å². The van der Waals surface area contributed by atoms with E-state index in [0.717, 1.165) is 90.2 Å². The van der Waals surface area contributed by atoms with Crippen LogP contribution in [0.25, 0.3) is 101 Å². The molecule has 0 aliphatic rings. The van der Waals surface area contributed by atoms with E-state index in [9.17, 15) is 0 Å². The molecule has 6 nitrogen and oxygen atoms in total. The van der Waals surface area contributed by atoms with Crippen LogP contribution >= 0.6 is 0 Å². The molecule has 15 aromatic rings. The maximum absolute atomic E-state index is 4.55. The van der Waals surface area contributed by atoms with E-state index in [-0.39, 0.29) is 60.3 Å². The summed E-state index contributed by atoms with van der Waals surface area (Å²) in [6, 6.07) is 124. The minimum absolute atomic E-state index is 0. The Morgan fingerprint density at radius 3 is 0.980 bits per heavy atom. The molecule has 0 aliphatic carbocycles. The van der Waals surface area contributed by atoms with Crippen molar-refractivity contribution in [1.82, 2.24) is 29.9 Å². The van der Waals surface area contributed by atoms with Crippen molar-refractivity contribution in [3.63, 3.8) is 0 Å². The first kappa shape index (κ1) is 75.2. The standard InChI is InChI=1S/2C18H14N.C17H12N.3C12H10N.3Ir/c1-14-12-18(16-10-6-3-7-11-16)19-13-17(14)15-8-4-2-5-9-15;1-14-11-12-19-18(13-14)17-9-7-16(8-10-17)15-5-3-2-4-6-15;1-3-7-14(8-4-1)16-11-12-17(18-13-16)15-9-5-2-6-10-15;3*1-10-6-5-9-12(13-10)11-7-3-2-4-8-11;;;/h2-10,12-13H,1H3;2-9,11-13H,1H3;1-9,11-13H;3*2-7,9H,1H3;;;/q6*-1;;;. The van der Waals surface area contributed by atoms with Gasteiger partial charge in [0.05, 0.1) is 0 Å². The van der Waals surface area contributed by atoms with Crippen molar-refractivity contribution in [3.8, 4) is 101 Å². The fourth-order valence-corrected chi connectivity index (χ4v) is 9.90. The first-order chi connectivity index (χ1) is 46.7. The van der Waals surface area contributed by atoms with Gasteiger partial charge >= 0.3 is 0 Å². The van der Waals surface area contributed by atoms with E-state index in [1.165, 1.54) is 38.9 Å². The molecule has 0 fully saturated rings. The molecular weight excluding hydrogens is 1730 g/mol. The summed E-state index contributed by atoms with van der Waals surface area (Å²) in [7, 11) is 0. The van der Waals surface area contributed by atoms with Gasteiger partial charge < -0.3 is 29.9 Å². The van der Waals surface area contributed by atoms with Crippen molar-refractivity contribution in [3.05, 3.63) is 399 Å². The summed E-state index contributed by atoms with van der Waals surface area (Å²) in [4.78, 5) is 26.7. The number of pyridine rings is 6. The molecule has 0 unspecified atom stereocenters. The van der Waals surface area contributed by atoms with Gasteiger partial charge in [-0.1, -0.05) is 168 Å². The third kappa shape index (κ3) is 23.3. The summed E-state index contributed by atoms with van der Waals surface area (Å²) in [5, 5.41) is 0. The monoisotopic (exact) mass is 1800 g/mol. The fraction of sp³-hybridized carbons (Fsp3) is 0.0562. The first-order valence-electron chi connectivity index (χ1n) is 31.4. The Kier molecular flexibility index (Phi) is 31.0. The van der Waals surface area contributed by atoms with Gasteiger partial charge in [-0.25, -0.2) is 0 Å². The average molecular weight is 1800 g/mol. The zero-order valence-corrected chi connectivity index (χ0v) is 62.1. The molecule has 0 atom stereocenters. The number of rotatable bonds is 9. The van der Waals surface area contributed by atoms with Crippen LogP contribution in [0.4, 0.5) is 0 Å². The number of nitrogens with zero attached hydrogens (tertiary/aromatic N) is 6. The van der Waals surface area contributed by atoms with Crippen molar-refractivity contribution >= 4 is 0 Å². The Morgan fingerprint density at radius 1 is 0.245 bits per heavy atom. The number of benzene rings is 9. The summed E-state index contributed by atoms with van der Waals surface area (Å²) in [5.74, 6) is 0. The summed E-state index contributed by atoms with van der Waals surface area (Å²) in [5.41, 5.74) is 24.7. The molecule has 3 radical (unpaired) electrons.